The first-order valence-corrected chi connectivity index (χ1v) is 7.68. The molecular formula is C18H21BrO. The molecule has 0 bridgehead atoms. The molecule has 0 aliphatic carbocycles. The minimum Gasteiger partial charge on any atom is -0.389 e. The number of halogens is 1. The van der Waals surface area contributed by atoms with Crippen LogP contribution in [0.1, 0.15) is 29.2 Å². The van der Waals surface area contributed by atoms with Gasteiger partial charge in [-0.2, -0.15) is 0 Å². The second-order valence-corrected chi connectivity index (χ2v) is 6.81. The van der Waals surface area contributed by atoms with Crippen LogP contribution in [0, 0.1) is 13.8 Å². The summed E-state index contributed by atoms with van der Waals surface area (Å²) in [6, 6.07) is 14.5. The summed E-state index contributed by atoms with van der Waals surface area (Å²) in [6.45, 7) is 6.13. The van der Waals surface area contributed by atoms with Crippen molar-refractivity contribution in [3.63, 3.8) is 0 Å². The molecule has 0 heterocycles. The first-order valence-electron chi connectivity index (χ1n) is 6.89. The monoisotopic (exact) mass is 332 g/mol. The van der Waals surface area contributed by atoms with E-state index in [0.29, 0.717) is 12.8 Å². The zero-order valence-electron chi connectivity index (χ0n) is 12.3. The summed E-state index contributed by atoms with van der Waals surface area (Å²) in [7, 11) is 0. The first-order chi connectivity index (χ1) is 9.35. The van der Waals surface area contributed by atoms with Crippen LogP contribution in [0.3, 0.4) is 0 Å². The quantitative estimate of drug-likeness (QED) is 0.867. The Balaban J connectivity index is 2.09. The molecule has 0 aromatic heterocycles. The fourth-order valence-electron chi connectivity index (χ4n) is 2.46. The predicted octanol–water partition coefficient (Wildman–Crippen LogP) is 4.60. The predicted molar refractivity (Wildman–Crippen MR) is 88.1 cm³/mol. The number of hydrogen-bond donors (Lipinski definition) is 1. The number of aryl methyl sites for hydroxylation is 2. The highest BCUT2D eigenvalue weighted by Crippen LogP contribution is 2.21. The van der Waals surface area contributed by atoms with Crippen LogP contribution in [-0.2, 0) is 12.8 Å². The molecule has 2 rings (SSSR count). The highest BCUT2D eigenvalue weighted by molar-refractivity contribution is 9.10. The van der Waals surface area contributed by atoms with Gasteiger partial charge in [0.2, 0.25) is 0 Å². The molecule has 0 fully saturated rings. The largest absolute Gasteiger partial charge is 0.389 e. The van der Waals surface area contributed by atoms with Gasteiger partial charge in [-0.3, -0.25) is 0 Å². The third-order valence-electron chi connectivity index (χ3n) is 3.65. The molecule has 1 nitrogen and oxygen atoms in total. The molecule has 2 aromatic rings. The van der Waals surface area contributed by atoms with Crippen LogP contribution in [0.25, 0.3) is 0 Å². The molecular weight excluding hydrogens is 312 g/mol. The van der Waals surface area contributed by atoms with Gasteiger partial charge in [-0.05, 0) is 55.2 Å². The fourth-order valence-corrected chi connectivity index (χ4v) is 2.72. The van der Waals surface area contributed by atoms with E-state index in [2.05, 4.69) is 60.1 Å². The Morgan fingerprint density at radius 3 is 2.05 bits per heavy atom. The lowest BCUT2D eigenvalue weighted by Gasteiger charge is -2.24. The number of rotatable bonds is 4. The molecule has 0 aliphatic heterocycles. The highest BCUT2D eigenvalue weighted by Gasteiger charge is 2.21. The van der Waals surface area contributed by atoms with Crippen LogP contribution in [0.5, 0.6) is 0 Å². The lowest BCUT2D eigenvalue weighted by molar-refractivity contribution is 0.0608. The Bertz CT molecular complexity index is 585. The number of hydrogen-bond acceptors (Lipinski definition) is 1. The molecule has 2 heteroatoms. The van der Waals surface area contributed by atoms with E-state index in [9.17, 15) is 5.11 Å². The van der Waals surface area contributed by atoms with Crippen molar-refractivity contribution in [2.24, 2.45) is 0 Å². The van der Waals surface area contributed by atoms with Gasteiger partial charge in [-0.25, -0.2) is 0 Å². The van der Waals surface area contributed by atoms with Crippen molar-refractivity contribution < 1.29 is 5.11 Å². The molecule has 2 aromatic carbocycles. The normalized spacial score (nSPS) is 14.1. The van der Waals surface area contributed by atoms with E-state index in [4.69, 9.17) is 0 Å². The van der Waals surface area contributed by atoms with Crippen LogP contribution < -0.4 is 0 Å². The van der Waals surface area contributed by atoms with Gasteiger partial charge in [0.05, 0.1) is 5.60 Å². The Labute approximate surface area is 129 Å². The van der Waals surface area contributed by atoms with Crippen molar-refractivity contribution in [1.29, 1.82) is 0 Å². The molecule has 1 N–H and O–H groups in total. The minimum atomic E-state index is -0.727. The third-order valence-corrected chi connectivity index (χ3v) is 4.18. The molecule has 1 unspecified atom stereocenters. The molecule has 0 amide bonds. The summed E-state index contributed by atoms with van der Waals surface area (Å²) >= 11 is 3.43. The SMILES string of the molecule is Cc1ccc(CC(C)(O)Cc2ccc(Br)cc2)cc1C. The topological polar surface area (TPSA) is 20.2 Å². The van der Waals surface area contributed by atoms with E-state index in [1.54, 1.807) is 0 Å². The lowest BCUT2D eigenvalue weighted by atomic mass is 9.89. The smallest absolute Gasteiger partial charge is 0.0700 e. The van der Waals surface area contributed by atoms with E-state index in [-0.39, 0.29) is 0 Å². The molecule has 0 radical (unpaired) electrons. The molecule has 0 saturated heterocycles. The van der Waals surface area contributed by atoms with Crippen LogP contribution in [-0.4, -0.2) is 10.7 Å². The first kappa shape index (κ1) is 15.3. The summed E-state index contributed by atoms with van der Waals surface area (Å²) in [5.41, 5.74) is 4.19. The van der Waals surface area contributed by atoms with Crippen LogP contribution in [0.2, 0.25) is 0 Å². The molecule has 1 atom stereocenters. The Morgan fingerprint density at radius 1 is 0.900 bits per heavy atom. The van der Waals surface area contributed by atoms with E-state index in [0.717, 1.165) is 10.0 Å². The zero-order chi connectivity index (χ0) is 14.8. The van der Waals surface area contributed by atoms with Gasteiger partial charge in [0.1, 0.15) is 0 Å². The van der Waals surface area contributed by atoms with Crippen molar-refractivity contribution in [2.75, 3.05) is 0 Å². The maximum Gasteiger partial charge on any atom is 0.0700 e. The van der Waals surface area contributed by atoms with Gasteiger partial charge in [0.25, 0.3) is 0 Å². The van der Waals surface area contributed by atoms with E-state index >= 15 is 0 Å². The van der Waals surface area contributed by atoms with Gasteiger partial charge < -0.3 is 5.11 Å². The fraction of sp³-hybridized carbons (Fsp3) is 0.333. The summed E-state index contributed by atoms with van der Waals surface area (Å²) in [6.07, 6.45) is 1.33. The van der Waals surface area contributed by atoms with Crippen LogP contribution in [0.4, 0.5) is 0 Å². The summed E-state index contributed by atoms with van der Waals surface area (Å²) in [4.78, 5) is 0. The Hall–Kier alpha value is -1.12. The molecule has 106 valence electrons. The maximum absolute atomic E-state index is 10.6. The van der Waals surface area contributed by atoms with Gasteiger partial charge in [-0.1, -0.05) is 46.3 Å². The Kier molecular flexibility index (Phi) is 4.66. The van der Waals surface area contributed by atoms with Gasteiger partial charge >= 0.3 is 0 Å². The van der Waals surface area contributed by atoms with Gasteiger partial charge in [0.15, 0.2) is 0 Å². The Morgan fingerprint density at radius 2 is 1.45 bits per heavy atom. The average molecular weight is 333 g/mol. The number of aliphatic hydroxyl groups is 1. The van der Waals surface area contributed by atoms with Crippen LogP contribution >= 0.6 is 15.9 Å². The third kappa shape index (κ3) is 4.19. The van der Waals surface area contributed by atoms with Crippen molar-refractivity contribution >= 4 is 15.9 Å². The van der Waals surface area contributed by atoms with E-state index < -0.39 is 5.60 Å². The van der Waals surface area contributed by atoms with Gasteiger partial charge in [-0.15, -0.1) is 0 Å². The second kappa shape index (κ2) is 6.11. The highest BCUT2D eigenvalue weighted by atomic mass is 79.9. The molecule has 20 heavy (non-hydrogen) atoms. The van der Waals surface area contributed by atoms with E-state index in [1.807, 2.05) is 19.1 Å². The van der Waals surface area contributed by atoms with E-state index in [1.165, 1.54) is 16.7 Å². The standard InChI is InChI=1S/C18H21BrO/c1-13-4-5-16(10-14(13)2)12-18(3,20)11-15-6-8-17(19)9-7-15/h4-10,20H,11-12H2,1-3H3. The summed E-state index contributed by atoms with van der Waals surface area (Å²) < 4.78 is 1.06. The molecule has 0 spiro atoms. The van der Waals surface area contributed by atoms with Crippen LogP contribution in [0.15, 0.2) is 46.9 Å². The average Bonchev–Trinajstić information content (AvgIpc) is 2.36. The zero-order valence-corrected chi connectivity index (χ0v) is 13.9. The van der Waals surface area contributed by atoms with Crippen molar-refractivity contribution in [2.45, 2.75) is 39.2 Å². The lowest BCUT2D eigenvalue weighted by Crippen LogP contribution is -2.30. The minimum absolute atomic E-state index is 0.660. The number of benzene rings is 2. The second-order valence-electron chi connectivity index (χ2n) is 5.90. The van der Waals surface area contributed by atoms with Gasteiger partial charge in [0, 0.05) is 17.3 Å². The summed E-state index contributed by atoms with van der Waals surface area (Å²) in [5.74, 6) is 0. The van der Waals surface area contributed by atoms with Crippen molar-refractivity contribution in [3.05, 3.63) is 69.2 Å². The van der Waals surface area contributed by atoms with Crippen molar-refractivity contribution in [1.82, 2.24) is 0 Å². The van der Waals surface area contributed by atoms with Crippen molar-refractivity contribution in [3.8, 4) is 0 Å². The maximum atomic E-state index is 10.6. The summed E-state index contributed by atoms with van der Waals surface area (Å²) in [5, 5.41) is 10.6. The molecule has 0 saturated carbocycles. The molecule has 0 aliphatic rings.